The van der Waals surface area contributed by atoms with Gasteiger partial charge in [-0.2, -0.15) is 0 Å². The number of H-pyrrole nitrogens is 1. The molecule has 1 aromatic heterocycles. The number of aliphatic hydroxyl groups is 1. The van der Waals surface area contributed by atoms with Gasteiger partial charge in [0.1, 0.15) is 0 Å². The number of nitrogens with zero attached hydrogens (tertiary/aromatic N) is 1. The van der Waals surface area contributed by atoms with Crippen molar-refractivity contribution >= 4 is 17.4 Å². The number of hydrogen-bond acceptors (Lipinski definition) is 3. The highest BCUT2D eigenvalue weighted by Crippen LogP contribution is 2.35. The van der Waals surface area contributed by atoms with Gasteiger partial charge >= 0.3 is 0 Å². The molecule has 0 aliphatic carbocycles. The van der Waals surface area contributed by atoms with Crippen LogP contribution in [0.2, 0.25) is 0 Å². The minimum atomic E-state index is -0.198. The van der Waals surface area contributed by atoms with Gasteiger partial charge in [0.25, 0.3) is 0 Å². The van der Waals surface area contributed by atoms with Crippen LogP contribution in [-0.2, 0) is 0 Å². The largest absolute Gasteiger partial charge is 0.391 e. The van der Waals surface area contributed by atoms with Crippen LogP contribution in [0.15, 0.2) is 41.4 Å². The molecule has 1 fully saturated rings. The summed E-state index contributed by atoms with van der Waals surface area (Å²) >= 11 is 1.86. The smallest absolute Gasteiger partial charge is 0.0731 e. The zero-order valence-corrected chi connectivity index (χ0v) is 12.5. The SMILES string of the molecule is CCSc1ccc(N2CCC(O)C2)c(-c2ccc[nH]2)c1. The second-order valence-electron chi connectivity index (χ2n) is 5.08. The Labute approximate surface area is 124 Å². The third-order valence-electron chi connectivity index (χ3n) is 3.67. The maximum absolute atomic E-state index is 9.77. The van der Waals surface area contributed by atoms with Gasteiger partial charge in [-0.1, -0.05) is 6.92 Å². The van der Waals surface area contributed by atoms with Crippen LogP contribution in [0.4, 0.5) is 5.69 Å². The molecule has 1 aliphatic heterocycles. The van der Waals surface area contributed by atoms with E-state index < -0.39 is 0 Å². The van der Waals surface area contributed by atoms with Gasteiger partial charge in [0.05, 0.1) is 6.10 Å². The summed E-state index contributed by atoms with van der Waals surface area (Å²) in [5.74, 6) is 1.08. The zero-order chi connectivity index (χ0) is 13.9. The summed E-state index contributed by atoms with van der Waals surface area (Å²) in [7, 11) is 0. The molecule has 2 N–H and O–H groups in total. The first-order valence-electron chi connectivity index (χ1n) is 7.11. The van der Waals surface area contributed by atoms with Gasteiger partial charge in [-0.25, -0.2) is 0 Å². The first kappa shape index (κ1) is 13.6. The molecule has 1 aromatic carbocycles. The first-order chi connectivity index (χ1) is 9.78. The molecule has 1 atom stereocenters. The molecule has 1 saturated heterocycles. The number of aromatic nitrogens is 1. The van der Waals surface area contributed by atoms with Crippen molar-refractivity contribution in [2.24, 2.45) is 0 Å². The fourth-order valence-electron chi connectivity index (χ4n) is 2.72. The molecule has 0 saturated carbocycles. The Morgan fingerprint density at radius 1 is 1.40 bits per heavy atom. The van der Waals surface area contributed by atoms with Crippen LogP contribution in [-0.4, -0.2) is 35.0 Å². The van der Waals surface area contributed by atoms with E-state index in [1.54, 1.807) is 0 Å². The summed E-state index contributed by atoms with van der Waals surface area (Å²) in [5.41, 5.74) is 3.58. The normalized spacial score (nSPS) is 18.7. The second-order valence-corrected chi connectivity index (χ2v) is 6.42. The summed E-state index contributed by atoms with van der Waals surface area (Å²) in [6.07, 6.45) is 2.61. The Kier molecular flexibility index (Phi) is 4.03. The van der Waals surface area contributed by atoms with Crippen molar-refractivity contribution in [1.29, 1.82) is 0 Å². The minimum absolute atomic E-state index is 0.198. The second kappa shape index (κ2) is 5.94. The van der Waals surface area contributed by atoms with E-state index in [1.165, 1.54) is 16.1 Å². The molecule has 3 rings (SSSR count). The zero-order valence-electron chi connectivity index (χ0n) is 11.7. The highest BCUT2D eigenvalue weighted by molar-refractivity contribution is 7.99. The van der Waals surface area contributed by atoms with Crippen LogP contribution in [0.5, 0.6) is 0 Å². The summed E-state index contributed by atoms with van der Waals surface area (Å²) in [5, 5.41) is 9.77. The van der Waals surface area contributed by atoms with Crippen molar-refractivity contribution in [3.63, 3.8) is 0 Å². The number of benzene rings is 1. The van der Waals surface area contributed by atoms with E-state index in [9.17, 15) is 5.11 Å². The monoisotopic (exact) mass is 288 g/mol. The number of aliphatic hydroxyl groups excluding tert-OH is 1. The van der Waals surface area contributed by atoms with Crippen molar-refractivity contribution < 1.29 is 5.11 Å². The molecule has 1 aliphatic rings. The van der Waals surface area contributed by atoms with E-state index in [0.717, 1.165) is 31.0 Å². The van der Waals surface area contributed by atoms with Crippen molar-refractivity contribution in [3.8, 4) is 11.3 Å². The highest BCUT2D eigenvalue weighted by Gasteiger charge is 2.23. The molecule has 20 heavy (non-hydrogen) atoms. The molecule has 0 spiro atoms. The minimum Gasteiger partial charge on any atom is -0.391 e. The van der Waals surface area contributed by atoms with Crippen LogP contribution >= 0.6 is 11.8 Å². The molecule has 0 bridgehead atoms. The highest BCUT2D eigenvalue weighted by atomic mass is 32.2. The quantitative estimate of drug-likeness (QED) is 0.847. The van der Waals surface area contributed by atoms with E-state index in [4.69, 9.17) is 0 Å². The molecule has 1 unspecified atom stereocenters. The number of thioether (sulfide) groups is 1. The van der Waals surface area contributed by atoms with Crippen molar-refractivity contribution in [3.05, 3.63) is 36.5 Å². The molecule has 0 amide bonds. The van der Waals surface area contributed by atoms with Crippen LogP contribution in [0.25, 0.3) is 11.3 Å². The summed E-state index contributed by atoms with van der Waals surface area (Å²) in [6.45, 7) is 3.83. The average Bonchev–Trinajstić information content (AvgIpc) is 3.10. The van der Waals surface area contributed by atoms with Gasteiger partial charge in [0, 0.05) is 41.1 Å². The third-order valence-corrected chi connectivity index (χ3v) is 4.55. The van der Waals surface area contributed by atoms with E-state index in [-0.39, 0.29) is 6.10 Å². The standard InChI is InChI=1S/C16H20N2OS/c1-2-20-13-5-6-16(18-9-7-12(19)11-18)14(10-13)15-4-3-8-17-15/h3-6,8,10,12,17,19H,2,7,9,11H2,1H3. The van der Waals surface area contributed by atoms with Gasteiger partial charge in [-0.05, 0) is 42.5 Å². The Morgan fingerprint density at radius 2 is 2.30 bits per heavy atom. The Hall–Kier alpha value is -1.39. The summed E-state index contributed by atoms with van der Waals surface area (Å²) < 4.78 is 0. The number of nitrogens with one attached hydrogen (secondary N) is 1. The average molecular weight is 288 g/mol. The maximum Gasteiger partial charge on any atom is 0.0731 e. The number of hydrogen-bond donors (Lipinski definition) is 2. The topological polar surface area (TPSA) is 39.3 Å². The van der Waals surface area contributed by atoms with Gasteiger partial charge in [-0.3, -0.25) is 0 Å². The molecule has 106 valence electrons. The molecule has 2 heterocycles. The Bertz CT molecular complexity index is 568. The molecular formula is C16H20N2OS. The lowest BCUT2D eigenvalue weighted by Gasteiger charge is -2.22. The number of aromatic amines is 1. The van der Waals surface area contributed by atoms with Crippen LogP contribution in [0, 0.1) is 0 Å². The Morgan fingerprint density at radius 3 is 2.95 bits per heavy atom. The Balaban J connectivity index is 2.00. The van der Waals surface area contributed by atoms with Gasteiger partial charge < -0.3 is 15.0 Å². The predicted octanol–water partition coefficient (Wildman–Crippen LogP) is 3.36. The van der Waals surface area contributed by atoms with E-state index in [0.29, 0.717) is 0 Å². The lowest BCUT2D eigenvalue weighted by molar-refractivity contribution is 0.198. The van der Waals surface area contributed by atoms with Crippen molar-refractivity contribution in [1.82, 2.24) is 4.98 Å². The first-order valence-corrected chi connectivity index (χ1v) is 8.10. The summed E-state index contributed by atoms with van der Waals surface area (Å²) in [6, 6.07) is 10.7. The van der Waals surface area contributed by atoms with Crippen molar-refractivity contribution in [2.45, 2.75) is 24.3 Å². The fraction of sp³-hybridized carbons (Fsp3) is 0.375. The van der Waals surface area contributed by atoms with Gasteiger partial charge in [0.15, 0.2) is 0 Å². The van der Waals surface area contributed by atoms with E-state index >= 15 is 0 Å². The summed E-state index contributed by atoms with van der Waals surface area (Å²) in [4.78, 5) is 6.87. The number of anilines is 1. The van der Waals surface area contributed by atoms with E-state index in [2.05, 4.69) is 41.1 Å². The predicted molar refractivity (Wildman–Crippen MR) is 85.5 cm³/mol. The van der Waals surface area contributed by atoms with Crippen LogP contribution in [0.1, 0.15) is 13.3 Å². The molecule has 4 heteroatoms. The maximum atomic E-state index is 9.77. The number of rotatable bonds is 4. The lowest BCUT2D eigenvalue weighted by Crippen LogP contribution is -2.21. The van der Waals surface area contributed by atoms with Gasteiger partial charge in [0.2, 0.25) is 0 Å². The third kappa shape index (κ3) is 2.72. The molecule has 3 nitrogen and oxygen atoms in total. The molecular weight excluding hydrogens is 268 g/mol. The van der Waals surface area contributed by atoms with Gasteiger partial charge in [-0.15, -0.1) is 11.8 Å². The molecule has 0 radical (unpaired) electrons. The van der Waals surface area contributed by atoms with Crippen molar-refractivity contribution in [2.75, 3.05) is 23.7 Å². The molecule has 2 aromatic rings. The van der Waals surface area contributed by atoms with Crippen LogP contribution in [0.3, 0.4) is 0 Å². The lowest BCUT2D eigenvalue weighted by atomic mass is 10.1. The fourth-order valence-corrected chi connectivity index (χ4v) is 3.42. The number of β-amino-alcohol motifs (C(OH)–C–C–N with tert-alkyl or cyclic N) is 1. The van der Waals surface area contributed by atoms with Crippen LogP contribution < -0.4 is 4.90 Å². The van der Waals surface area contributed by atoms with E-state index in [1.807, 2.05) is 24.0 Å².